The molecule has 0 spiro atoms. The van der Waals surface area contributed by atoms with E-state index >= 15 is 0 Å². The van der Waals surface area contributed by atoms with E-state index in [1.54, 1.807) is 11.1 Å². The summed E-state index contributed by atoms with van der Waals surface area (Å²) in [6.07, 6.45) is 5.83. The molecule has 13 heteroatoms. The van der Waals surface area contributed by atoms with Crippen molar-refractivity contribution < 1.29 is 19.0 Å². The molecule has 2 fully saturated rings. The summed E-state index contributed by atoms with van der Waals surface area (Å²) in [4.78, 5) is 28.9. The van der Waals surface area contributed by atoms with E-state index < -0.39 is 5.60 Å². The number of nitrogens with one attached hydrogen (secondary N) is 1. The standard InChI is InChI=1S/C12H16ClN3O3.C7H8ClN3O.ClH/c1-12(2,3)19-11(17)16-6-8(7-16)18-10-9(13)14-4-5-15-10;8-6-7(11-2-1-10-6)12-5-3-9-4-5;/h4-5,8H,6-7H2,1-3H3;1-2,5,9H,3-4H2;1H. The lowest BCUT2D eigenvalue weighted by molar-refractivity contribution is -0.0232. The average molecular weight is 508 g/mol. The number of carbonyl (C=O) groups is 1. The molecule has 0 atom stereocenters. The Bertz CT molecular complexity index is 891. The summed E-state index contributed by atoms with van der Waals surface area (Å²) in [6, 6.07) is 0. The molecule has 1 amide bonds. The summed E-state index contributed by atoms with van der Waals surface area (Å²) in [6.45, 7) is 8.12. The molecule has 0 bridgehead atoms. The van der Waals surface area contributed by atoms with Crippen LogP contribution in [0.4, 0.5) is 4.79 Å². The predicted octanol–water partition coefficient (Wildman–Crippen LogP) is 3.03. The Morgan fingerprint density at radius 3 is 1.81 bits per heavy atom. The predicted molar refractivity (Wildman–Crippen MR) is 121 cm³/mol. The van der Waals surface area contributed by atoms with Gasteiger partial charge in [-0.2, -0.15) is 0 Å². The van der Waals surface area contributed by atoms with Gasteiger partial charge >= 0.3 is 6.09 Å². The van der Waals surface area contributed by atoms with Crippen molar-refractivity contribution in [1.82, 2.24) is 30.2 Å². The molecule has 176 valence electrons. The Hall–Kier alpha value is -2.14. The van der Waals surface area contributed by atoms with E-state index in [0.29, 0.717) is 24.1 Å². The molecule has 4 heterocycles. The van der Waals surface area contributed by atoms with Crippen molar-refractivity contribution in [2.45, 2.75) is 38.6 Å². The number of hydrogen-bond donors (Lipinski definition) is 1. The summed E-state index contributed by atoms with van der Waals surface area (Å²) >= 11 is 11.6. The molecule has 2 aromatic heterocycles. The van der Waals surface area contributed by atoms with Crippen LogP contribution in [-0.4, -0.2) is 74.9 Å². The lowest BCUT2D eigenvalue weighted by atomic mass is 10.2. The minimum Gasteiger partial charge on any atom is -0.469 e. The highest BCUT2D eigenvalue weighted by atomic mass is 35.5. The highest BCUT2D eigenvalue weighted by Gasteiger charge is 2.35. The second-order valence-corrected chi connectivity index (χ2v) is 8.54. The van der Waals surface area contributed by atoms with Crippen LogP contribution in [0.1, 0.15) is 20.8 Å². The van der Waals surface area contributed by atoms with Gasteiger partial charge in [-0.3, -0.25) is 0 Å². The van der Waals surface area contributed by atoms with Crippen molar-refractivity contribution in [2.75, 3.05) is 26.2 Å². The van der Waals surface area contributed by atoms with Crippen LogP contribution in [0.3, 0.4) is 0 Å². The van der Waals surface area contributed by atoms with E-state index in [9.17, 15) is 4.79 Å². The molecular weight excluding hydrogens is 483 g/mol. The fourth-order valence-corrected chi connectivity index (χ4v) is 2.72. The summed E-state index contributed by atoms with van der Waals surface area (Å²) in [7, 11) is 0. The van der Waals surface area contributed by atoms with E-state index in [1.165, 1.54) is 18.6 Å². The van der Waals surface area contributed by atoms with Crippen molar-refractivity contribution in [1.29, 1.82) is 0 Å². The molecule has 32 heavy (non-hydrogen) atoms. The molecule has 2 saturated heterocycles. The van der Waals surface area contributed by atoms with Crippen LogP contribution >= 0.6 is 35.6 Å². The summed E-state index contributed by atoms with van der Waals surface area (Å²) in [5, 5.41) is 3.63. The van der Waals surface area contributed by atoms with Crippen molar-refractivity contribution in [2.24, 2.45) is 0 Å². The third-order valence-corrected chi connectivity index (χ3v) is 4.56. The van der Waals surface area contributed by atoms with Gasteiger partial charge in [0.25, 0.3) is 11.8 Å². The van der Waals surface area contributed by atoms with Gasteiger partial charge in [0.1, 0.15) is 17.8 Å². The number of aromatic nitrogens is 4. The zero-order valence-corrected chi connectivity index (χ0v) is 20.2. The second kappa shape index (κ2) is 11.6. The molecule has 10 nitrogen and oxygen atoms in total. The first-order valence-electron chi connectivity index (χ1n) is 9.66. The van der Waals surface area contributed by atoms with Gasteiger partial charge in [-0.1, -0.05) is 23.2 Å². The maximum atomic E-state index is 11.7. The maximum Gasteiger partial charge on any atom is 0.410 e. The van der Waals surface area contributed by atoms with Crippen molar-refractivity contribution in [3.05, 3.63) is 35.1 Å². The van der Waals surface area contributed by atoms with E-state index in [4.69, 9.17) is 37.4 Å². The number of carbonyl (C=O) groups excluding carboxylic acids is 1. The Morgan fingerprint density at radius 2 is 1.41 bits per heavy atom. The van der Waals surface area contributed by atoms with Crippen LogP contribution in [-0.2, 0) is 4.74 Å². The molecule has 0 unspecified atom stereocenters. The summed E-state index contributed by atoms with van der Waals surface area (Å²) in [5.41, 5.74) is -0.489. The van der Waals surface area contributed by atoms with E-state index in [1.807, 2.05) is 20.8 Å². The van der Waals surface area contributed by atoms with Crippen LogP contribution in [0.25, 0.3) is 0 Å². The van der Waals surface area contributed by atoms with Crippen LogP contribution < -0.4 is 14.8 Å². The quantitative estimate of drug-likeness (QED) is 0.667. The number of nitrogens with zero attached hydrogens (tertiary/aromatic N) is 5. The van der Waals surface area contributed by atoms with Gasteiger partial charge in [0.05, 0.1) is 13.1 Å². The van der Waals surface area contributed by atoms with Gasteiger partial charge in [0.15, 0.2) is 10.3 Å². The van der Waals surface area contributed by atoms with Gasteiger partial charge in [-0.05, 0) is 20.8 Å². The maximum absolute atomic E-state index is 11.7. The third kappa shape index (κ3) is 7.77. The van der Waals surface area contributed by atoms with Gasteiger partial charge in [-0.25, -0.2) is 24.7 Å². The van der Waals surface area contributed by atoms with Crippen LogP contribution in [0, 0.1) is 0 Å². The van der Waals surface area contributed by atoms with Gasteiger partial charge in [0.2, 0.25) is 0 Å². The Balaban J connectivity index is 0.000000241. The largest absolute Gasteiger partial charge is 0.469 e. The van der Waals surface area contributed by atoms with E-state index in [-0.39, 0.29) is 41.7 Å². The molecule has 2 aromatic rings. The average Bonchev–Trinajstić information content (AvgIpc) is 2.62. The first-order valence-corrected chi connectivity index (χ1v) is 10.4. The molecule has 1 N–H and O–H groups in total. The minimum absolute atomic E-state index is 0. The SMILES string of the molecule is CC(C)(C)OC(=O)N1CC(Oc2nccnc2Cl)C1.Cl.Clc1nccnc1OC1CNC1. The minimum atomic E-state index is -0.489. The highest BCUT2D eigenvalue weighted by Crippen LogP contribution is 2.23. The molecule has 0 radical (unpaired) electrons. The Kier molecular flexibility index (Phi) is 9.50. The first kappa shape index (κ1) is 26.1. The number of ether oxygens (including phenoxy) is 3. The smallest absolute Gasteiger partial charge is 0.410 e. The molecule has 0 saturated carbocycles. The molecule has 0 aliphatic carbocycles. The van der Waals surface area contributed by atoms with Gasteiger partial charge < -0.3 is 24.4 Å². The topological polar surface area (TPSA) is 112 Å². The van der Waals surface area contributed by atoms with Gasteiger partial charge in [-0.15, -0.1) is 12.4 Å². The third-order valence-electron chi connectivity index (χ3n) is 4.05. The number of rotatable bonds is 4. The van der Waals surface area contributed by atoms with Crippen molar-refractivity contribution in [3.8, 4) is 11.8 Å². The van der Waals surface area contributed by atoms with Crippen molar-refractivity contribution in [3.63, 3.8) is 0 Å². The second-order valence-electron chi connectivity index (χ2n) is 7.83. The zero-order chi connectivity index (χ0) is 22.4. The molecule has 2 aliphatic heterocycles. The highest BCUT2D eigenvalue weighted by molar-refractivity contribution is 6.30. The van der Waals surface area contributed by atoms with E-state index in [2.05, 4.69) is 25.3 Å². The van der Waals surface area contributed by atoms with Crippen LogP contribution in [0.15, 0.2) is 24.8 Å². The van der Waals surface area contributed by atoms with Crippen LogP contribution in [0.5, 0.6) is 11.8 Å². The first-order chi connectivity index (χ1) is 14.7. The molecule has 2 aliphatic rings. The Morgan fingerprint density at radius 1 is 0.938 bits per heavy atom. The molecular formula is C19H25Cl3N6O4. The number of halogens is 3. The molecule has 0 aromatic carbocycles. The summed E-state index contributed by atoms with van der Waals surface area (Å²) < 4.78 is 16.2. The van der Waals surface area contributed by atoms with E-state index in [0.717, 1.165) is 13.1 Å². The Labute approximate surface area is 202 Å². The lowest BCUT2D eigenvalue weighted by Gasteiger charge is -2.39. The fraction of sp³-hybridized carbons (Fsp3) is 0.526. The molecule has 4 rings (SSSR count). The van der Waals surface area contributed by atoms with Crippen molar-refractivity contribution >= 4 is 41.7 Å². The number of hydrogen-bond acceptors (Lipinski definition) is 9. The fourth-order valence-electron chi connectivity index (χ4n) is 2.42. The van der Waals surface area contributed by atoms with Crippen LogP contribution in [0.2, 0.25) is 10.3 Å². The summed E-state index contributed by atoms with van der Waals surface area (Å²) in [5.74, 6) is 0.712. The number of likely N-dealkylation sites (tertiary alicyclic amines) is 1. The normalized spacial score (nSPS) is 15.8. The zero-order valence-electron chi connectivity index (χ0n) is 17.8. The monoisotopic (exact) mass is 506 g/mol. The van der Waals surface area contributed by atoms with Gasteiger partial charge in [0, 0.05) is 37.9 Å². The lowest BCUT2D eigenvalue weighted by Crippen LogP contribution is -2.57. The number of amides is 1.